The Morgan fingerprint density at radius 1 is 1.35 bits per heavy atom. The number of ether oxygens (including phenoxy) is 1. The lowest BCUT2D eigenvalue weighted by Gasteiger charge is -2.22. The van der Waals surface area contributed by atoms with Gasteiger partial charge in [-0.1, -0.05) is 6.92 Å². The third kappa shape index (κ3) is 3.06. The van der Waals surface area contributed by atoms with Crippen molar-refractivity contribution >= 4 is 16.8 Å². The molecule has 1 N–H and O–H groups in total. The van der Waals surface area contributed by atoms with Crippen LogP contribution in [0.4, 0.5) is 0 Å². The number of nitrogens with zero attached hydrogens (tertiary/aromatic N) is 2. The predicted molar refractivity (Wildman–Crippen MR) is 92.0 cm³/mol. The van der Waals surface area contributed by atoms with E-state index in [2.05, 4.69) is 30.9 Å². The summed E-state index contributed by atoms with van der Waals surface area (Å²) < 4.78 is 5.52. The minimum atomic E-state index is 0.0790. The maximum atomic E-state index is 12.8. The average molecular weight is 315 g/mol. The molecule has 124 valence electrons. The first-order valence-corrected chi connectivity index (χ1v) is 8.21. The van der Waals surface area contributed by atoms with Crippen LogP contribution in [-0.4, -0.2) is 60.5 Å². The molecule has 0 bridgehead atoms. The van der Waals surface area contributed by atoms with Gasteiger partial charge in [0.25, 0.3) is 5.91 Å². The summed E-state index contributed by atoms with van der Waals surface area (Å²) in [4.78, 5) is 20.2. The van der Waals surface area contributed by atoms with Crippen LogP contribution in [0.15, 0.2) is 24.3 Å². The second-order valence-corrected chi connectivity index (χ2v) is 6.58. The molecule has 0 aliphatic carbocycles. The zero-order valence-corrected chi connectivity index (χ0v) is 14.3. The summed E-state index contributed by atoms with van der Waals surface area (Å²) in [6.07, 6.45) is 0. The van der Waals surface area contributed by atoms with E-state index in [0.717, 1.165) is 29.7 Å². The van der Waals surface area contributed by atoms with Gasteiger partial charge in [0.1, 0.15) is 11.4 Å². The summed E-state index contributed by atoms with van der Waals surface area (Å²) in [6.45, 7) is 6.39. The Balaban J connectivity index is 1.81. The molecule has 1 aromatic heterocycles. The van der Waals surface area contributed by atoms with E-state index < -0.39 is 0 Å². The number of fused-ring (bicyclic) bond motifs is 1. The quantitative estimate of drug-likeness (QED) is 0.943. The number of hydrogen-bond acceptors (Lipinski definition) is 3. The molecule has 0 spiro atoms. The first kappa shape index (κ1) is 15.9. The highest BCUT2D eigenvalue weighted by molar-refractivity contribution is 5.98. The fourth-order valence-corrected chi connectivity index (χ4v) is 3.44. The van der Waals surface area contributed by atoms with Crippen molar-refractivity contribution in [1.82, 2.24) is 14.8 Å². The second kappa shape index (κ2) is 6.24. The van der Waals surface area contributed by atoms with E-state index in [1.807, 2.05) is 36.1 Å². The Bertz CT molecular complexity index is 707. The number of rotatable bonds is 4. The number of likely N-dealkylation sites (tertiary alicyclic amines) is 1. The van der Waals surface area contributed by atoms with Crippen molar-refractivity contribution in [2.45, 2.75) is 19.9 Å². The molecule has 1 aliphatic heterocycles. The van der Waals surface area contributed by atoms with Crippen LogP contribution in [0.25, 0.3) is 10.9 Å². The lowest BCUT2D eigenvalue weighted by Crippen LogP contribution is -2.35. The molecule has 1 fully saturated rings. The van der Waals surface area contributed by atoms with Crippen LogP contribution in [0.5, 0.6) is 5.75 Å². The second-order valence-electron chi connectivity index (χ2n) is 6.58. The summed E-state index contributed by atoms with van der Waals surface area (Å²) in [5.41, 5.74) is 1.59. The first-order chi connectivity index (χ1) is 11.0. The molecule has 1 aliphatic rings. The number of likely N-dealkylation sites (N-methyl/N-ethyl adjacent to an activating group) is 1. The lowest BCUT2D eigenvalue weighted by molar-refractivity contribution is 0.0776. The topological polar surface area (TPSA) is 48.6 Å². The minimum Gasteiger partial charge on any atom is -0.494 e. The summed E-state index contributed by atoms with van der Waals surface area (Å²) in [5.74, 6) is 1.39. The largest absolute Gasteiger partial charge is 0.494 e. The van der Waals surface area contributed by atoms with Gasteiger partial charge in [-0.25, -0.2) is 0 Å². The molecular weight excluding hydrogens is 290 g/mol. The molecule has 2 aromatic rings. The maximum Gasteiger partial charge on any atom is 0.270 e. The molecule has 0 unspecified atom stereocenters. The standard InChI is InChI=1S/C18H25N3O2/c1-5-23-14-7-6-13-8-16(19-15(13)9-14)18(22)21-10-12(2)17(11-21)20(3)4/h6-9,12,17,19H,5,10-11H2,1-4H3/t12-,17-/m1/s1. The highest BCUT2D eigenvalue weighted by Gasteiger charge is 2.34. The van der Waals surface area contributed by atoms with Crippen molar-refractivity contribution in [3.8, 4) is 5.75 Å². The maximum absolute atomic E-state index is 12.8. The Labute approximate surface area is 137 Å². The fourth-order valence-electron chi connectivity index (χ4n) is 3.44. The van der Waals surface area contributed by atoms with Crippen LogP contribution in [-0.2, 0) is 0 Å². The normalized spacial score (nSPS) is 21.3. The first-order valence-electron chi connectivity index (χ1n) is 8.21. The number of benzene rings is 1. The van der Waals surface area contributed by atoms with E-state index in [0.29, 0.717) is 24.3 Å². The lowest BCUT2D eigenvalue weighted by atomic mass is 10.1. The zero-order valence-electron chi connectivity index (χ0n) is 14.3. The van der Waals surface area contributed by atoms with Crippen LogP contribution in [0.1, 0.15) is 24.3 Å². The van der Waals surface area contributed by atoms with Crippen molar-refractivity contribution in [2.24, 2.45) is 5.92 Å². The Kier molecular flexibility index (Phi) is 4.31. The van der Waals surface area contributed by atoms with Gasteiger partial charge in [-0.15, -0.1) is 0 Å². The van der Waals surface area contributed by atoms with Gasteiger partial charge in [0.2, 0.25) is 0 Å². The number of aromatic nitrogens is 1. The Hall–Kier alpha value is -2.01. The molecule has 0 radical (unpaired) electrons. The van der Waals surface area contributed by atoms with Crippen LogP contribution < -0.4 is 4.74 Å². The molecule has 5 nitrogen and oxygen atoms in total. The minimum absolute atomic E-state index is 0.0790. The van der Waals surface area contributed by atoms with Crippen LogP contribution in [0.2, 0.25) is 0 Å². The number of aromatic amines is 1. The highest BCUT2D eigenvalue weighted by atomic mass is 16.5. The highest BCUT2D eigenvalue weighted by Crippen LogP contribution is 2.25. The third-order valence-corrected chi connectivity index (χ3v) is 4.66. The number of hydrogen-bond donors (Lipinski definition) is 1. The number of carbonyl (C=O) groups is 1. The summed E-state index contributed by atoms with van der Waals surface area (Å²) >= 11 is 0. The summed E-state index contributed by atoms with van der Waals surface area (Å²) in [7, 11) is 4.15. The van der Waals surface area contributed by atoms with Gasteiger partial charge in [0.15, 0.2) is 0 Å². The predicted octanol–water partition coefficient (Wildman–Crippen LogP) is 2.59. The van der Waals surface area contributed by atoms with Crippen LogP contribution >= 0.6 is 0 Å². The molecule has 3 rings (SSSR count). The van der Waals surface area contributed by atoms with Crippen molar-refractivity contribution in [2.75, 3.05) is 33.8 Å². The molecule has 2 heterocycles. The van der Waals surface area contributed by atoms with E-state index >= 15 is 0 Å². The summed E-state index contributed by atoms with van der Waals surface area (Å²) in [6, 6.07) is 8.23. The molecule has 0 saturated carbocycles. The van der Waals surface area contributed by atoms with Gasteiger partial charge in [-0.05, 0) is 45.1 Å². The molecule has 1 amide bonds. The van der Waals surface area contributed by atoms with Crippen molar-refractivity contribution in [3.05, 3.63) is 30.0 Å². The smallest absolute Gasteiger partial charge is 0.270 e. The molecular formula is C18H25N3O2. The zero-order chi connectivity index (χ0) is 16.6. The van der Waals surface area contributed by atoms with Gasteiger partial charge in [0, 0.05) is 36.1 Å². The van der Waals surface area contributed by atoms with Gasteiger partial charge in [-0.2, -0.15) is 0 Å². The van der Waals surface area contributed by atoms with Crippen molar-refractivity contribution in [1.29, 1.82) is 0 Å². The fraction of sp³-hybridized carbons (Fsp3) is 0.500. The van der Waals surface area contributed by atoms with Gasteiger partial charge in [0.05, 0.1) is 6.61 Å². The molecule has 1 saturated heterocycles. The van der Waals surface area contributed by atoms with Crippen molar-refractivity contribution in [3.63, 3.8) is 0 Å². The van der Waals surface area contributed by atoms with Gasteiger partial charge < -0.3 is 19.5 Å². The van der Waals surface area contributed by atoms with E-state index in [9.17, 15) is 4.79 Å². The molecule has 1 aromatic carbocycles. The van der Waals surface area contributed by atoms with E-state index in [1.165, 1.54) is 0 Å². The Morgan fingerprint density at radius 3 is 2.78 bits per heavy atom. The SMILES string of the molecule is CCOc1ccc2cc(C(=O)N3C[C@@H](C)[C@H](N(C)C)C3)[nH]c2c1. The van der Waals surface area contributed by atoms with Gasteiger partial charge in [-0.3, -0.25) is 4.79 Å². The monoisotopic (exact) mass is 315 g/mol. The third-order valence-electron chi connectivity index (χ3n) is 4.66. The van der Waals surface area contributed by atoms with Crippen LogP contribution in [0, 0.1) is 5.92 Å². The van der Waals surface area contributed by atoms with Gasteiger partial charge >= 0.3 is 0 Å². The van der Waals surface area contributed by atoms with Crippen molar-refractivity contribution < 1.29 is 9.53 Å². The van der Waals surface area contributed by atoms with E-state index in [-0.39, 0.29) is 5.91 Å². The van der Waals surface area contributed by atoms with E-state index in [4.69, 9.17) is 4.74 Å². The number of amides is 1. The van der Waals surface area contributed by atoms with Crippen LogP contribution in [0.3, 0.4) is 0 Å². The number of carbonyl (C=O) groups excluding carboxylic acids is 1. The number of H-pyrrole nitrogens is 1. The Morgan fingerprint density at radius 2 is 2.13 bits per heavy atom. The van der Waals surface area contributed by atoms with E-state index in [1.54, 1.807) is 0 Å². The molecule has 5 heteroatoms. The molecule has 23 heavy (non-hydrogen) atoms. The number of nitrogens with one attached hydrogen (secondary N) is 1. The summed E-state index contributed by atoms with van der Waals surface area (Å²) in [5, 5.41) is 1.04. The molecule has 2 atom stereocenters. The average Bonchev–Trinajstić information content (AvgIpc) is 3.10.